The largest absolute Gasteiger partial charge is 0.271 e. The summed E-state index contributed by atoms with van der Waals surface area (Å²) in [6.07, 6.45) is 0. The first-order chi connectivity index (χ1) is 8.22. The summed E-state index contributed by atoms with van der Waals surface area (Å²) in [4.78, 5) is 0. The Morgan fingerprint density at radius 3 is 2.41 bits per heavy atom. The molecule has 0 saturated heterocycles. The number of halogens is 2. The highest BCUT2D eigenvalue weighted by Gasteiger charge is 2.16. The molecule has 0 aliphatic carbocycles. The van der Waals surface area contributed by atoms with Gasteiger partial charge in [0.05, 0.1) is 6.04 Å². The number of hydrogen-bond donors (Lipinski definition) is 2. The zero-order valence-corrected chi connectivity index (χ0v) is 10.6. The predicted octanol–water partition coefficient (Wildman–Crippen LogP) is 3.14. The van der Waals surface area contributed by atoms with Gasteiger partial charge in [-0.3, -0.25) is 5.84 Å². The molecule has 0 amide bonds. The van der Waals surface area contributed by atoms with E-state index in [1.54, 1.807) is 12.1 Å². The summed E-state index contributed by atoms with van der Waals surface area (Å²) in [6.45, 7) is 0. The summed E-state index contributed by atoms with van der Waals surface area (Å²) in [6, 6.07) is 14.1. The van der Waals surface area contributed by atoms with E-state index >= 15 is 0 Å². The third kappa shape index (κ3) is 2.72. The normalized spacial score (nSPS) is 12.4. The van der Waals surface area contributed by atoms with Crippen LogP contribution < -0.4 is 11.3 Å². The van der Waals surface area contributed by atoms with Crippen LogP contribution in [-0.2, 0) is 0 Å². The summed E-state index contributed by atoms with van der Waals surface area (Å²) in [5.41, 5.74) is 4.10. The highest BCUT2D eigenvalue weighted by molar-refractivity contribution is 9.10. The maximum Gasteiger partial charge on any atom is 0.129 e. The van der Waals surface area contributed by atoms with E-state index in [-0.39, 0.29) is 11.9 Å². The Hall–Kier alpha value is -1.23. The Morgan fingerprint density at radius 1 is 1.12 bits per heavy atom. The van der Waals surface area contributed by atoms with Crippen LogP contribution in [0.15, 0.2) is 53.0 Å². The van der Waals surface area contributed by atoms with Crippen molar-refractivity contribution in [2.75, 3.05) is 0 Å². The lowest BCUT2D eigenvalue weighted by molar-refractivity contribution is 0.559. The van der Waals surface area contributed by atoms with Gasteiger partial charge in [-0.15, -0.1) is 0 Å². The third-order valence-electron chi connectivity index (χ3n) is 2.57. The van der Waals surface area contributed by atoms with Crippen LogP contribution in [0, 0.1) is 5.82 Å². The summed E-state index contributed by atoms with van der Waals surface area (Å²) >= 11 is 3.23. The number of nitrogens with two attached hydrogens (primary N) is 1. The lowest BCUT2D eigenvalue weighted by Crippen LogP contribution is -2.29. The molecular formula is C13H12BrFN2. The maximum atomic E-state index is 13.8. The minimum atomic E-state index is -0.343. The lowest BCUT2D eigenvalue weighted by atomic mass is 9.99. The van der Waals surface area contributed by atoms with E-state index < -0.39 is 0 Å². The summed E-state index contributed by atoms with van der Waals surface area (Å²) in [7, 11) is 0. The average molecular weight is 295 g/mol. The van der Waals surface area contributed by atoms with Crippen molar-refractivity contribution in [1.82, 2.24) is 5.43 Å². The summed E-state index contributed by atoms with van der Waals surface area (Å²) < 4.78 is 14.6. The minimum absolute atomic E-state index is 0.286. The van der Waals surface area contributed by atoms with Crippen LogP contribution in [0.5, 0.6) is 0 Å². The molecule has 2 rings (SSSR count). The van der Waals surface area contributed by atoms with Crippen molar-refractivity contribution in [3.63, 3.8) is 0 Å². The molecule has 0 heterocycles. The molecule has 0 fully saturated rings. The SMILES string of the molecule is NNC(c1ccccc1)c1ccc(Br)cc1F. The molecule has 2 aromatic rings. The molecule has 4 heteroatoms. The van der Waals surface area contributed by atoms with Gasteiger partial charge in [-0.25, -0.2) is 9.82 Å². The molecular weight excluding hydrogens is 283 g/mol. The molecule has 2 aromatic carbocycles. The van der Waals surface area contributed by atoms with E-state index in [1.165, 1.54) is 6.07 Å². The second kappa shape index (κ2) is 5.40. The van der Waals surface area contributed by atoms with Crippen LogP contribution in [0.1, 0.15) is 17.2 Å². The smallest absolute Gasteiger partial charge is 0.129 e. The molecule has 0 bridgehead atoms. The van der Waals surface area contributed by atoms with Gasteiger partial charge in [-0.1, -0.05) is 52.3 Å². The molecule has 1 unspecified atom stereocenters. The molecule has 3 N–H and O–H groups in total. The third-order valence-corrected chi connectivity index (χ3v) is 3.07. The van der Waals surface area contributed by atoms with Crippen LogP contribution in [-0.4, -0.2) is 0 Å². The highest BCUT2D eigenvalue weighted by atomic mass is 79.9. The van der Waals surface area contributed by atoms with Gasteiger partial charge < -0.3 is 0 Å². The quantitative estimate of drug-likeness (QED) is 0.674. The Bertz CT molecular complexity index is 502. The molecule has 0 aliphatic heterocycles. The van der Waals surface area contributed by atoms with Crippen molar-refractivity contribution in [1.29, 1.82) is 0 Å². The van der Waals surface area contributed by atoms with Gasteiger partial charge in [0.2, 0.25) is 0 Å². The summed E-state index contributed by atoms with van der Waals surface area (Å²) in [5, 5.41) is 0. The monoisotopic (exact) mass is 294 g/mol. The molecule has 0 aromatic heterocycles. The standard InChI is InChI=1S/C13H12BrFN2/c14-10-6-7-11(12(15)8-10)13(17-16)9-4-2-1-3-5-9/h1-8,13,17H,16H2. The van der Waals surface area contributed by atoms with Crippen molar-refractivity contribution in [2.45, 2.75) is 6.04 Å². The van der Waals surface area contributed by atoms with Crippen LogP contribution in [0.4, 0.5) is 4.39 Å². The number of nitrogens with one attached hydrogen (secondary N) is 1. The predicted molar refractivity (Wildman–Crippen MR) is 69.7 cm³/mol. The second-order valence-electron chi connectivity index (χ2n) is 3.68. The zero-order chi connectivity index (χ0) is 12.3. The lowest BCUT2D eigenvalue weighted by Gasteiger charge is -2.17. The first-order valence-electron chi connectivity index (χ1n) is 5.18. The van der Waals surface area contributed by atoms with Gasteiger partial charge in [0.15, 0.2) is 0 Å². The number of rotatable bonds is 3. The molecule has 0 spiro atoms. The number of hydrogen-bond acceptors (Lipinski definition) is 2. The molecule has 1 atom stereocenters. The van der Waals surface area contributed by atoms with Crippen molar-refractivity contribution >= 4 is 15.9 Å². The van der Waals surface area contributed by atoms with E-state index in [9.17, 15) is 4.39 Å². The fourth-order valence-electron chi connectivity index (χ4n) is 1.75. The van der Waals surface area contributed by atoms with E-state index in [4.69, 9.17) is 5.84 Å². The fourth-order valence-corrected chi connectivity index (χ4v) is 2.08. The Balaban J connectivity index is 2.42. The van der Waals surface area contributed by atoms with Crippen LogP contribution in [0.25, 0.3) is 0 Å². The van der Waals surface area contributed by atoms with Crippen molar-refractivity contribution < 1.29 is 4.39 Å². The van der Waals surface area contributed by atoms with E-state index in [1.807, 2.05) is 30.3 Å². The number of benzene rings is 2. The molecule has 0 aliphatic rings. The van der Waals surface area contributed by atoms with Gasteiger partial charge >= 0.3 is 0 Å². The molecule has 17 heavy (non-hydrogen) atoms. The minimum Gasteiger partial charge on any atom is -0.271 e. The molecule has 0 saturated carbocycles. The van der Waals surface area contributed by atoms with Gasteiger partial charge in [0.1, 0.15) is 5.82 Å². The average Bonchev–Trinajstić information content (AvgIpc) is 2.34. The van der Waals surface area contributed by atoms with Gasteiger partial charge in [-0.2, -0.15) is 0 Å². The maximum absolute atomic E-state index is 13.8. The highest BCUT2D eigenvalue weighted by Crippen LogP contribution is 2.25. The first-order valence-corrected chi connectivity index (χ1v) is 5.97. The van der Waals surface area contributed by atoms with Gasteiger partial charge in [-0.05, 0) is 17.7 Å². The molecule has 2 nitrogen and oxygen atoms in total. The summed E-state index contributed by atoms with van der Waals surface area (Å²) in [5.74, 6) is 5.23. The first kappa shape index (κ1) is 12.2. The van der Waals surface area contributed by atoms with Crippen molar-refractivity contribution in [3.8, 4) is 0 Å². The van der Waals surface area contributed by atoms with Crippen LogP contribution in [0.2, 0.25) is 0 Å². The van der Waals surface area contributed by atoms with Crippen molar-refractivity contribution in [3.05, 3.63) is 69.9 Å². The van der Waals surface area contributed by atoms with Gasteiger partial charge in [0.25, 0.3) is 0 Å². The van der Waals surface area contributed by atoms with E-state index in [2.05, 4.69) is 21.4 Å². The van der Waals surface area contributed by atoms with Crippen LogP contribution in [0.3, 0.4) is 0 Å². The molecule has 88 valence electrons. The number of hydrazine groups is 1. The molecule has 0 radical (unpaired) electrons. The Kier molecular flexibility index (Phi) is 3.89. The Labute approximate surface area is 108 Å². The van der Waals surface area contributed by atoms with E-state index in [0.29, 0.717) is 10.0 Å². The second-order valence-corrected chi connectivity index (χ2v) is 4.59. The zero-order valence-electron chi connectivity index (χ0n) is 9.03. The van der Waals surface area contributed by atoms with Crippen molar-refractivity contribution in [2.24, 2.45) is 5.84 Å². The topological polar surface area (TPSA) is 38.0 Å². The fraction of sp³-hybridized carbons (Fsp3) is 0.0769. The van der Waals surface area contributed by atoms with Gasteiger partial charge in [0, 0.05) is 10.0 Å². The Morgan fingerprint density at radius 2 is 1.82 bits per heavy atom. The van der Waals surface area contributed by atoms with Crippen LogP contribution >= 0.6 is 15.9 Å². The van der Waals surface area contributed by atoms with E-state index in [0.717, 1.165) is 5.56 Å².